The Labute approximate surface area is 145 Å². The van der Waals surface area contributed by atoms with Gasteiger partial charge in [0.2, 0.25) is 5.91 Å². The van der Waals surface area contributed by atoms with Crippen LogP contribution in [-0.4, -0.2) is 20.4 Å². The highest BCUT2D eigenvalue weighted by Gasteiger charge is 2.21. The quantitative estimate of drug-likeness (QED) is 0.772. The fourth-order valence-electron chi connectivity index (χ4n) is 2.93. The molecule has 3 rings (SSSR count). The summed E-state index contributed by atoms with van der Waals surface area (Å²) in [6, 6.07) is 9.89. The minimum absolute atomic E-state index is 0.00281. The molecule has 5 nitrogen and oxygen atoms in total. The number of fused-ring (bicyclic) bond motifs is 1. The molecule has 130 valence electrons. The van der Waals surface area contributed by atoms with Crippen molar-refractivity contribution in [3.63, 3.8) is 0 Å². The van der Waals surface area contributed by atoms with E-state index < -0.39 is 0 Å². The number of amides is 1. The largest absolute Gasteiger partial charge is 0.346 e. The first-order chi connectivity index (χ1) is 12.0. The van der Waals surface area contributed by atoms with Crippen LogP contribution in [-0.2, 0) is 11.2 Å². The van der Waals surface area contributed by atoms with Crippen LogP contribution in [0.15, 0.2) is 42.6 Å². The van der Waals surface area contributed by atoms with Crippen LogP contribution in [0.4, 0.5) is 4.39 Å². The summed E-state index contributed by atoms with van der Waals surface area (Å²) in [5, 5.41) is 2.91. The number of hydrogen-bond acceptors (Lipinski definition) is 3. The minimum Gasteiger partial charge on any atom is -0.346 e. The number of hydrogen-bond donors (Lipinski definition) is 1. The summed E-state index contributed by atoms with van der Waals surface area (Å²) in [5.41, 5.74) is 1.97. The summed E-state index contributed by atoms with van der Waals surface area (Å²) < 4.78 is 15.7. The molecule has 0 radical (unpaired) electrons. The molecular formula is C19H21FN4O. The summed E-state index contributed by atoms with van der Waals surface area (Å²) in [6.07, 6.45) is 1.73. The first-order valence-electron chi connectivity index (χ1n) is 8.33. The lowest BCUT2D eigenvalue weighted by molar-refractivity contribution is -0.121. The Morgan fingerprint density at radius 3 is 2.68 bits per heavy atom. The smallest absolute Gasteiger partial charge is 0.225 e. The predicted molar refractivity (Wildman–Crippen MR) is 94.6 cm³/mol. The van der Waals surface area contributed by atoms with Crippen LogP contribution in [0.2, 0.25) is 0 Å². The fraction of sp³-hybridized carbons (Fsp3) is 0.316. The van der Waals surface area contributed by atoms with Crippen LogP contribution in [0.1, 0.15) is 44.2 Å². The van der Waals surface area contributed by atoms with Gasteiger partial charge in [0.25, 0.3) is 0 Å². The Morgan fingerprint density at radius 2 is 1.96 bits per heavy atom. The molecule has 2 heterocycles. The highest BCUT2D eigenvalue weighted by atomic mass is 19.1. The number of carbonyl (C=O) groups is 1. The molecule has 25 heavy (non-hydrogen) atoms. The van der Waals surface area contributed by atoms with Crippen LogP contribution in [0.3, 0.4) is 0 Å². The van der Waals surface area contributed by atoms with Crippen molar-refractivity contribution < 1.29 is 9.18 Å². The van der Waals surface area contributed by atoms with E-state index in [0.29, 0.717) is 5.56 Å². The molecule has 1 N–H and O–H groups in total. The third-order valence-electron chi connectivity index (χ3n) is 4.07. The molecule has 0 fully saturated rings. The van der Waals surface area contributed by atoms with Gasteiger partial charge in [-0.15, -0.1) is 0 Å². The molecule has 6 heteroatoms. The third kappa shape index (κ3) is 3.52. The number of imidazole rings is 1. The Kier molecular flexibility index (Phi) is 4.79. The van der Waals surface area contributed by atoms with Crippen LogP contribution in [0.25, 0.3) is 11.2 Å². The van der Waals surface area contributed by atoms with Crippen LogP contribution in [0.5, 0.6) is 0 Å². The summed E-state index contributed by atoms with van der Waals surface area (Å²) >= 11 is 0. The summed E-state index contributed by atoms with van der Waals surface area (Å²) in [7, 11) is 0. The molecule has 0 aliphatic rings. The summed E-state index contributed by atoms with van der Waals surface area (Å²) in [4.78, 5) is 21.3. The molecule has 0 bridgehead atoms. The molecule has 0 saturated carbocycles. The Morgan fingerprint density at radius 1 is 1.20 bits per heavy atom. The standard InChI is InChI=1S/C19H21FN4O/c1-12(2)24-18(23-16-9-6-10-21-19(16)24)13(3)22-17(25)11-14-7-4-5-8-15(14)20/h4-10,12-13H,11H2,1-3H3,(H,22,25)/t13-/m1/s1. The van der Waals surface area contributed by atoms with E-state index in [1.165, 1.54) is 6.07 Å². The van der Waals surface area contributed by atoms with Crippen LogP contribution in [0, 0.1) is 5.82 Å². The van der Waals surface area contributed by atoms with E-state index in [-0.39, 0.29) is 30.2 Å². The Balaban J connectivity index is 1.82. The number of nitrogens with one attached hydrogen (secondary N) is 1. The van der Waals surface area contributed by atoms with E-state index in [1.54, 1.807) is 24.4 Å². The monoisotopic (exact) mass is 340 g/mol. The molecule has 0 aliphatic heterocycles. The molecule has 0 aliphatic carbocycles. The number of halogens is 1. The molecule has 1 atom stereocenters. The van der Waals surface area contributed by atoms with Gasteiger partial charge in [0.15, 0.2) is 5.65 Å². The molecular weight excluding hydrogens is 319 g/mol. The van der Waals surface area contributed by atoms with E-state index in [4.69, 9.17) is 0 Å². The molecule has 1 aromatic carbocycles. The number of pyridine rings is 1. The van der Waals surface area contributed by atoms with Crippen LogP contribution < -0.4 is 5.32 Å². The van der Waals surface area contributed by atoms with Gasteiger partial charge < -0.3 is 9.88 Å². The van der Waals surface area contributed by atoms with Gasteiger partial charge in [-0.05, 0) is 44.5 Å². The summed E-state index contributed by atoms with van der Waals surface area (Å²) in [6.45, 7) is 5.97. The van der Waals surface area contributed by atoms with Gasteiger partial charge in [-0.3, -0.25) is 4.79 Å². The number of benzene rings is 1. The maximum absolute atomic E-state index is 13.7. The van der Waals surface area contributed by atoms with E-state index >= 15 is 0 Å². The zero-order valence-electron chi connectivity index (χ0n) is 14.5. The molecule has 3 aromatic rings. The lowest BCUT2D eigenvalue weighted by atomic mass is 10.1. The lowest BCUT2D eigenvalue weighted by Gasteiger charge is -2.18. The van der Waals surface area contributed by atoms with Crippen molar-refractivity contribution in [2.24, 2.45) is 0 Å². The number of nitrogens with zero attached hydrogens (tertiary/aromatic N) is 3. The maximum Gasteiger partial charge on any atom is 0.225 e. The van der Waals surface area contributed by atoms with Crippen LogP contribution >= 0.6 is 0 Å². The van der Waals surface area contributed by atoms with Crippen molar-refractivity contribution in [1.82, 2.24) is 19.9 Å². The van der Waals surface area contributed by atoms with Crippen molar-refractivity contribution in [2.75, 3.05) is 0 Å². The predicted octanol–water partition coefficient (Wildman–Crippen LogP) is 3.57. The Hall–Kier alpha value is -2.76. The van der Waals surface area contributed by atoms with E-state index in [0.717, 1.165) is 17.0 Å². The van der Waals surface area contributed by atoms with E-state index in [1.807, 2.05) is 37.5 Å². The van der Waals surface area contributed by atoms with Gasteiger partial charge in [0.05, 0.1) is 12.5 Å². The van der Waals surface area contributed by atoms with Crippen molar-refractivity contribution in [1.29, 1.82) is 0 Å². The van der Waals surface area contributed by atoms with Gasteiger partial charge in [0.1, 0.15) is 17.2 Å². The second-order valence-corrected chi connectivity index (χ2v) is 6.34. The molecule has 2 aromatic heterocycles. The molecule has 0 unspecified atom stereocenters. The normalized spacial score (nSPS) is 12.5. The zero-order chi connectivity index (χ0) is 18.0. The van der Waals surface area contributed by atoms with Gasteiger partial charge in [-0.1, -0.05) is 18.2 Å². The fourth-order valence-corrected chi connectivity index (χ4v) is 2.93. The van der Waals surface area contributed by atoms with E-state index in [2.05, 4.69) is 15.3 Å². The SMILES string of the molecule is CC(C)n1c([C@@H](C)NC(=O)Cc2ccccc2F)nc2cccnc21. The number of rotatable bonds is 5. The first-order valence-corrected chi connectivity index (χ1v) is 8.33. The molecule has 0 saturated heterocycles. The Bertz CT molecular complexity index is 903. The van der Waals surface area contributed by atoms with Crippen molar-refractivity contribution in [3.8, 4) is 0 Å². The highest BCUT2D eigenvalue weighted by molar-refractivity contribution is 5.79. The number of carbonyl (C=O) groups excluding carboxylic acids is 1. The lowest BCUT2D eigenvalue weighted by Crippen LogP contribution is -2.30. The van der Waals surface area contributed by atoms with Gasteiger partial charge in [0, 0.05) is 12.2 Å². The second-order valence-electron chi connectivity index (χ2n) is 6.34. The topological polar surface area (TPSA) is 59.8 Å². The number of aromatic nitrogens is 3. The first kappa shape index (κ1) is 17.1. The van der Waals surface area contributed by atoms with Gasteiger partial charge >= 0.3 is 0 Å². The molecule has 0 spiro atoms. The maximum atomic E-state index is 13.7. The van der Waals surface area contributed by atoms with Gasteiger partial charge in [-0.25, -0.2) is 14.4 Å². The molecule has 1 amide bonds. The van der Waals surface area contributed by atoms with Crippen molar-refractivity contribution in [3.05, 3.63) is 59.8 Å². The minimum atomic E-state index is -0.371. The highest BCUT2D eigenvalue weighted by Crippen LogP contribution is 2.23. The van der Waals surface area contributed by atoms with Gasteiger partial charge in [-0.2, -0.15) is 0 Å². The van der Waals surface area contributed by atoms with Crippen molar-refractivity contribution >= 4 is 17.1 Å². The summed E-state index contributed by atoms with van der Waals surface area (Å²) in [5.74, 6) is 0.127. The average molecular weight is 340 g/mol. The average Bonchev–Trinajstić information content (AvgIpc) is 2.96. The second kappa shape index (κ2) is 7.01. The van der Waals surface area contributed by atoms with Crippen molar-refractivity contribution in [2.45, 2.75) is 39.3 Å². The zero-order valence-corrected chi connectivity index (χ0v) is 14.5. The van der Waals surface area contributed by atoms with E-state index in [9.17, 15) is 9.18 Å². The third-order valence-corrected chi connectivity index (χ3v) is 4.07.